The Balaban J connectivity index is 1.21. The predicted molar refractivity (Wildman–Crippen MR) is 104 cm³/mol. The van der Waals surface area contributed by atoms with Crippen molar-refractivity contribution in [3.05, 3.63) is 66.1 Å². The zero-order valence-corrected chi connectivity index (χ0v) is 15.7. The number of carbonyl (C=O) groups excluding carboxylic acids is 3. The van der Waals surface area contributed by atoms with E-state index in [1.54, 1.807) is 42.7 Å². The number of rotatable bonds is 4. The lowest BCUT2D eigenvalue weighted by atomic mass is 9.63. The van der Waals surface area contributed by atoms with E-state index in [9.17, 15) is 14.4 Å². The number of carbonyl (C=O) groups is 3. The molecular formula is C23H20N2O4. The molecule has 1 aliphatic heterocycles. The van der Waals surface area contributed by atoms with Gasteiger partial charge in [-0.3, -0.25) is 19.3 Å². The summed E-state index contributed by atoms with van der Waals surface area (Å²) >= 11 is 0. The lowest BCUT2D eigenvalue weighted by Gasteiger charge is -2.37. The highest BCUT2D eigenvalue weighted by Gasteiger charge is 2.67. The Morgan fingerprint density at radius 3 is 2.24 bits per heavy atom. The van der Waals surface area contributed by atoms with Gasteiger partial charge in [-0.2, -0.15) is 0 Å². The lowest BCUT2D eigenvalue weighted by molar-refractivity contribution is -0.124. The number of nitrogens with zero attached hydrogens (tertiary/aromatic N) is 1. The third-order valence-corrected chi connectivity index (χ3v) is 7.05. The average Bonchev–Trinajstić information content (AvgIpc) is 3.33. The van der Waals surface area contributed by atoms with Gasteiger partial charge in [0.25, 0.3) is 5.91 Å². The van der Waals surface area contributed by atoms with Gasteiger partial charge in [0.2, 0.25) is 11.8 Å². The van der Waals surface area contributed by atoms with Crippen LogP contribution in [0.5, 0.6) is 0 Å². The van der Waals surface area contributed by atoms with Crippen molar-refractivity contribution < 1.29 is 18.8 Å². The molecule has 1 saturated heterocycles. The number of nitrogens with one attached hydrogen (secondary N) is 1. The van der Waals surface area contributed by atoms with Gasteiger partial charge in [-0.05, 0) is 66.5 Å². The zero-order valence-electron chi connectivity index (χ0n) is 15.7. The normalized spacial score (nSPS) is 33.6. The number of allylic oxidation sites excluding steroid dienone is 2. The molecule has 29 heavy (non-hydrogen) atoms. The fraction of sp³-hybridized carbons (Fsp3) is 0.348. The number of imide groups is 1. The number of hydrogen-bond acceptors (Lipinski definition) is 4. The monoisotopic (exact) mass is 388 g/mol. The summed E-state index contributed by atoms with van der Waals surface area (Å²) in [6.07, 6.45) is 7.04. The second-order valence-electron chi connectivity index (χ2n) is 8.48. The summed E-state index contributed by atoms with van der Waals surface area (Å²) in [6.45, 7) is 0.304. The van der Waals surface area contributed by atoms with Crippen molar-refractivity contribution in [1.29, 1.82) is 0 Å². The van der Waals surface area contributed by atoms with E-state index in [4.69, 9.17) is 4.42 Å². The van der Waals surface area contributed by atoms with Crippen LogP contribution in [0.3, 0.4) is 0 Å². The first kappa shape index (κ1) is 16.8. The minimum Gasteiger partial charge on any atom is -0.467 e. The van der Waals surface area contributed by atoms with Gasteiger partial charge in [0.15, 0.2) is 0 Å². The van der Waals surface area contributed by atoms with Crippen molar-refractivity contribution in [2.75, 3.05) is 4.90 Å². The van der Waals surface area contributed by atoms with Crippen molar-refractivity contribution in [2.24, 2.45) is 35.5 Å². The third-order valence-electron chi connectivity index (χ3n) is 7.05. The van der Waals surface area contributed by atoms with Crippen molar-refractivity contribution >= 4 is 23.4 Å². The van der Waals surface area contributed by atoms with Gasteiger partial charge in [0, 0.05) is 5.56 Å². The standard InChI is InChI=1S/C23H20N2O4/c26-21(24-11-14-2-1-9-29-14)12-3-5-13(6-4-12)25-22(27)19-15-7-8-16(18-10-17(15)18)20(19)23(25)28/h1-9,15-20H,10-11H2,(H,24,26)/t15-,16+,17-,18-,19+,20+/m1/s1. The molecule has 1 aromatic heterocycles. The topological polar surface area (TPSA) is 79.6 Å². The Morgan fingerprint density at radius 2 is 1.66 bits per heavy atom. The van der Waals surface area contributed by atoms with Crippen LogP contribution < -0.4 is 10.2 Å². The van der Waals surface area contributed by atoms with Crippen molar-refractivity contribution in [2.45, 2.75) is 13.0 Å². The minimum absolute atomic E-state index is 0.0836. The molecule has 1 N–H and O–H groups in total. The van der Waals surface area contributed by atoms with Crippen LogP contribution in [-0.4, -0.2) is 17.7 Å². The fourth-order valence-electron chi connectivity index (χ4n) is 5.66. The molecule has 1 aromatic carbocycles. The van der Waals surface area contributed by atoms with Gasteiger partial charge in [-0.15, -0.1) is 0 Å². The summed E-state index contributed by atoms with van der Waals surface area (Å²) in [5, 5.41) is 2.79. The Kier molecular flexibility index (Phi) is 3.43. The maximum Gasteiger partial charge on any atom is 0.251 e. The first-order valence-electron chi connectivity index (χ1n) is 10.1. The van der Waals surface area contributed by atoms with E-state index < -0.39 is 0 Å². The second-order valence-corrected chi connectivity index (χ2v) is 8.48. The van der Waals surface area contributed by atoms with Crippen LogP contribution >= 0.6 is 0 Å². The molecule has 4 aliphatic carbocycles. The van der Waals surface area contributed by atoms with Crippen LogP contribution in [0.2, 0.25) is 0 Å². The molecule has 2 saturated carbocycles. The van der Waals surface area contributed by atoms with Gasteiger partial charge in [0.1, 0.15) is 5.76 Å². The number of anilines is 1. The molecule has 2 aromatic rings. The molecular weight excluding hydrogens is 368 g/mol. The smallest absolute Gasteiger partial charge is 0.251 e. The highest BCUT2D eigenvalue weighted by Crippen LogP contribution is 2.65. The van der Waals surface area contributed by atoms with Crippen LogP contribution in [0, 0.1) is 35.5 Å². The average molecular weight is 388 g/mol. The SMILES string of the molecule is O=C(NCc1ccco1)c1ccc(N2C(=O)[C@H]3[C@@H]4C=C[C@@H]([C@H]5C[C@H]45)[C@@H]3C2=O)cc1. The molecule has 6 nitrogen and oxygen atoms in total. The molecule has 0 spiro atoms. The van der Waals surface area contributed by atoms with Crippen LogP contribution in [0.1, 0.15) is 22.5 Å². The predicted octanol–water partition coefficient (Wildman–Crippen LogP) is 2.77. The number of benzene rings is 1. The number of hydrogen-bond donors (Lipinski definition) is 1. The van der Waals surface area contributed by atoms with Gasteiger partial charge < -0.3 is 9.73 Å². The summed E-state index contributed by atoms with van der Waals surface area (Å²) < 4.78 is 5.21. The molecule has 7 rings (SSSR count). The molecule has 0 unspecified atom stereocenters. The second kappa shape index (κ2) is 5.92. The van der Waals surface area contributed by atoms with E-state index in [0.717, 1.165) is 6.42 Å². The van der Waals surface area contributed by atoms with Crippen LogP contribution in [0.4, 0.5) is 5.69 Å². The Morgan fingerprint density at radius 1 is 1.00 bits per heavy atom. The van der Waals surface area contributed by atoms with Crippen LogP contribution in [0.15, 0.2) is 59.2 Å². The van der Waals surface area contributed by atoms with Gasteiger partial charge >= 0.3 is 0 Å². The van der Waals surface area contributed by atoms with Crippen molar-refractivity contribution in [1.82, 2.24) is 5.32 Å². The molecule has 6 heteroatoms. The maximum atomic E-state index is 13.1. The van der Waals surface area contributed by atoms with Gasteiger partial charge in [-0.1, -0.05) is 12.2 Å². The first-order valence-corrected chi connectivity index (χ1v) is 10.1. The highest BCUT2D eigenvalue weighted by atomic mass is 16.3. The Bertz CT molecular complexity index is 1000. The fourth-order valence-corrected chi connectivity index (χ4v) is 5.66. The number of furan rings is 1. The van der Waals surface area contributed by atoms with E-state index in [0.29, 0.717) is 35.4 Å². The first-order chi connectivity index (χ1) is 14.1. The molecule has 3 fully saturated rings. The molecule has 0 radical (unpaired) electrons. The van der Waals surface area contributed by atoms with E-state index in [1.807, 2.05) is 0 Å². The summed E-state index contributed by atoms with van der Waals surface area (Å²) in [6, 6.07) is 10.2. The van der Waals surface area contributed by atoms with E-state index in [2.05, 4.69) is 17.5 Å². The largest absolute Gasteiger partial charge is 0.467 e. The lowest BCUT2D eigenvalue weighted by Crippen LogP contribution is -2.40. The van der Waals surface area contributed by atoms with E-state index >= 15 is 0 Å². The zero-order chi connectivity index (χ0) is 19.7. The Labute approximate surface area is 167 Å². The molecule has 2 bridgehead atoms. The van der Waals surface area contributed by atoms with Crippen molar-refractivity contribution in [3.8, 4) is 0 Å². The van der Waals surface area contributed by atoms with Gasteiger partial charge in [0.05, 0.1) is 30.3 Å². The molecule has 146 valence electrons. The summed E-state index contributed by atoms with van der Waals surface area (Å²) in [5.74, 6) is 1.45. The molecule has 6 atom stereocenters. The van der Waals surface area contributed by atoms with Crippen LogP contribution in [0.25, 0.3) is 0 Å². The maximum absolute atomic E-state index is 13.1. The number of amides is 3. The quantitative estimate of drug-likeness (QED) is 0.645. The molecule has 2 heterocycles. The summed E-state index contributed by atoms with van der Waals surface area (Å²) in [4.78, 5) is 40.0. The van der Waals surface area contributed by atoms with E-state index in [-0.39, 0.29) is 41.4 Å². The minimum atomic E-state index is -0.233. The molecule has 5 aliphatic rings. The van der Waals surface area contributed by atoms with E-state index in [1.165, 1.54) is 4.90 Å². The van der Waals surface area contributed by atoms with Crippen LogP contribution in [-0.2, 0) is 16.1 Å². The third kappa shape index (κ3) is 2.38. The van der Waals surface area contributed by atoms with Gasteiger partial charge in [-0.25, -0.2) is 0 Å². The summed E-state index contributed by atoms with van der Waals surface area (Å²) in [7, 11) is 0. The molecule has 3 amide bonds. The van der Waals surface area contributed by atoms with Crippen molar-refractivity contribution in [3.63, 3.8) is 0 Å². The summed E-state index contributed by atoms with van der Waals surface area (Å²) in [5.41, 5.74) is 1.02. The Hall–Kier alpha value is -3.15. The highest BCUT2D eigenvalue weighted by molar-refractivity contribution is 6.22.